The number of alkyl halides is 4. The minimum Gasteiger partial charge on any atom is -0.378 e. The Morgan fingerprint density at radius 1 is 1.14 bits per heavy atom. The molecule has 42 heavy (non-hydrogen) atoms. The van der Waals surface area contributed by atoms with Crippen LogP contribution in [-0.4, -0.2) is 48.6 Å². The molecule has 1 aromatic carbocycles. The fourth-order valence-electron chi connectivity index (χ4n) is 4.86. The van der Waals surface area contributed by atoms with E-state index in [4.69, 9.17) is 0 Å². The third-order valence-electron chi connectivity index (χ3n) is 6.83. The predicted octanol–water partition coefficient (Wildman–Crippen LogP) is 4.71. The molecule has 0 spiro atoms. The van der Waals surface area contributed by atoms with Gasteiger partial charge in [0.2, 0.25) is 0 Å². The van der Waals surface area contributed by atoms with Crippen molar-refractivity contribution in [1.82, 2.24) is 29.4 Å². The minimum absolute atomic E-state index is 0.163. The van der Waals surface area contributed by atoms with E-state index in [0.29, 0.717) is 35.6 Å². The van der Waals surface area contributed by atoms with Crippen molar-refractivity contribution in [2.24, 2.45) is 0 Å². The zero-order valence-electron chi connectivity index (χ0n) is 22.7. The van der Waals surface area contributed by atoms with Crippen molar-refractivity contribution in [3.8, 4) is 11.4 Å². The van der Waals surface area contributed by atoms with Gasteiger partial charge in [-0.2, -0.15) is 13.9 Å². The third-order valence-corrected chi connectivity index (χ3v) is 6.83. The number of benzene rings is 1. The lowest BCUT2D eigenvalue weighted by molar-refractivity contribution is -0.131. The number of halogens is 4. The van der Waals surface area contributed by atoms with Gasteiger partial charge in [0.1, 0.15) is 5.56 Å². The molecule has 220 valence electrons. The Balaban J connectivity index is 1.34. The maximum absolute atomic E-state index is 14.1. The molecule has 0 saturated heterocycles. The van der Waals surface area contributed by atoms with Crippen LogP contribution >= 0.6 is 0 Å². The number of nitrogens with zero attached hydrogens (tertiary/aromatic N) is 5. The molecule has 0 aliphatic heterocycles. The number of rotatable bonds is 11. The number of hydrogen-bond donors (Lipinski definition) is 2. The van der Waals surface area contributed by atoms with E-state index < -0.39 is 36.3 Å². The van der Waals surface area contributed by atoms with Gasteiger partial charge in [-0.15, -0.1) is 5.10 Å². The molecule has 5 rings (SSSR count). The van der Waals surface area contributed by atoms with Crippen molar-refractivity contribution in [2.45, 2.75) is 51.8 Å². The van der Waals surface area contributed by atoms with Crippen LogP contribution in [0, 0.1) is 6.92 Å². The topological polar surface area (TPSA) is 119 Å². The number of fused-ring (bicyclic) bond motifs is 2. The molecular weight excluding hydrogens is 558 g/mol. The smallest absolute Gasteiger partial charge is 0.345 e. The first-order valence-electron chi connectivity index (χ1n) is 13.1. The summed E-state index contributed by atoms with van der Waals surface area (Å²) < 4.78 is 61.4. The predicted molar refractivity (Wildman–Crippen MR) is 148 cm³/mol. The van der Waals surface area contributed by atoms with E-state index >= 15 is 0 Å². The molecular formula is C28H27F4N7O3. The molecule has 0 amide bonds. The van der Waals surface area contributed by atoms with Crippen LogP contribution in [0.2, 0.25) is 0 Å². The van der Waals surface area contributed by atoms with Crippen LogP contribution in [-0.2, 0) is 17.2 Å². The number of aryl methyl sites for hydroxylation is 2. The van der Waals surface area contributed by atoms with Crippen molar-refractivity contribution >= 4 is 22.1 Å². The second-order valence-electron chi connectivity index (χ2n) is 9.96. The highest BCUT2D eigenvalue weighted by Gasteiger charge is 2.32. The number of aromatic nitrogens is 6. The van der Waals surface area contributed by atoms with Crippen LogP contribution in [0.3, 0.4) is 0 Å². The van der Waals surface area contributed by atoms with E-state index in [1.54, 1.807) is 29.0 Å². The lowest BCUT2D eigenvalue weighted by Gasteiger charge is -2.22. The van der Waals surface area contributed by atoms with Gasteiger partial charge in [0.05, 0.1) is 18.5 Å². The molecule has 0 aliphatic carbocycles. The van der Waals surface area contributed by atoms with E-state index in [1.807, 2.05) is 36.3 Å². The summed E-state index contributed by atoms with van der Waals surface area (Å²) >= 11 is 0. The Morgan fingerprint density at radius 2 is 1.95 bits per heavy atom. The zero-order valence-corrected chi connectivity index (χ0v) is 22.7. The van der Waals surface area contributed by atoms with Crippen molar-refractivity contribution in [1.29, 1.82) is 0 Å². The highest BCUT2D eigenvalue weighted by Crippen LogP contribution is 2.30. The summed E-state index contributed by atoms with van der Waals surface area (Å²) in [5, 5.41) is 13.9. The molecule has 0 saturated carbocycles. The highest BCUT2D eigenvalue weighted by atomic mass is 19.3. The number of H-pyrrole nitrogens is 1. The first-order valence-corrected chi connectivity index (χ1v) is 13.1. The first-order chi connectivity index (χ1) is 20.0. The second-order valence-corrected chi connectivity index (χ2v) is 9.96. The average molecular weight is 586 g/mol. The van der Waals surface area contributed by atoms with Crippen molar-refractivity contribution in [2.75, 3.05) is 11.9 Å². The normalized spacial score (nSPS) is 12.8. The van der Waals surface area contributed by atoms with Crippen LogP contribution in [0.1, 0.15) is 30.9 Å². The van der Waals surface area contributed by atoms with E-state index in [-0.39, 0.29) is 24.2 Å². The van der Waals surface area contributed by atoms with Crippen molar-refractivity contribution in [3.63, 3.8) is 0 Å². The molecule has 4 heterocycles. The van der Waals surface area contributed by atoms with Gasteiger partial charge in [0, 0.05) is 42.9 Å². The fraction of sp³-hybridized carbons (Fsp3) is 0.321. The standard InChI is InChI=1S/C28H27F4N7O3/c1-16-12-20-17(13-19(16)24-35-22-7-3-4-10-39(22)37-24)8-11-38(26(20)41)9-5-6-18(15-42-27(29)30)34-21-14-33-36-25(40)23(21)28(2,31)32/h3-4,7-8,10-14,18,27H,5-6,9,15H2,1-2H3,(H2,34,36,40)/t18-/m1/s1. The number of pyridine rings is 2. The molecule has 0 radical (unpaired) electrons. The summed E-state index contributed by atoms with van der Waals surface area (Å²) in [5.41, 5.74) is -0.185. The Hall–Kier alpha value is -4.59. The highest BCUT2D eigenvalue weighted by molar-refractivity contribution is 5.87. The Morgan fingerprint density at radius 3 is 2.69 bits per heavy atom. The number of ether oxygens (including phenoxy) is 1. The lowest BCUT2D eigenvalue weighted by Crippen LogP contribution is -2.32. The summed E-state index contributed by atoms with van der Waals surface area (Å²) in [7, 11) is 0. The Kier molecular flexibility index (Phi) is 8.07. The quantitative estimate of drug-likeness (QED) is 0.216. The number of aromatic amines is 1. The molecule has 0 unspecified atom stereocenters. The van der Waals surface area contributed by atoms with Crippen LogP contribution in [0.15, 0.2) is 64.6 Å². The maximum Gasteiger partial charge on any atom is 0.345 e. The molecule has 1 atom stereocenters. The van der Waals surface area contributed by atoms with Gasteiger partial charge in [-0.05, 0) is 61.0 Å². The number of hydrogen-bond acceptors (Lipinski definition) is 7. The van der Waals surface area contributed by atoms with Gasteiger partial charge in [-0.1, -0.05) is 6.07 Å². The van der Waals surface area contributed by atoms with Gasteiger partial charge < -0.3 is 14.6 Å². The average Bonchev–Trinajstić information content (AvgIpc) is 3.36. The van der Waals surface area contributed by atoms with E-state index in [2.05, 4.69) is 25.2 Å². The van der Waals surface area contributed by atoms with Crippen LogP contribution in [0.5, 0.6) is 0 Å². The lowest BCUT2D eigenvalue weighted by atomic mass is 10.0. The molecule has 0 fully saturated rings. The van der Waals surface area contributed by atoms with E-state index in [0.717, 1.165) is 17.3 Å². The summed E-state index contributed by atoms with van der Waals surface area (Å²) in [5.74, 6) is -2.97. The largest absolute Gasteiger partial charge is 0.378 e. The molecule has 0 bridgehead atoms. The van der Waals surface area contributed by atoms with Gasteiger partial charge in [-0.3, -0.25) is 9.59 Å². The van der Waals surface area contributed by atoms with Crippen molar-refractivity contribution < 1.29 is 22.3 Å². The number of anilines is 1. The van der Waals surface area contributed by atoms with Gasteiger partial charge >= 0.3 is 6.61 Å². The summed E-state index contributed by atoms with van der Waals surface area (Å²) in [6.07, 6.45) is 4.91. The fourth-order valence-corrected chi connectivity index (χ4v) is 4.86. The molecule has 4 aromatic heterocycles. The first kappa shape index (κ1) is 28.9. The third kappa shape index (κ3) is 6.17. The van der Waals surface area contributed by atoms with Crippen LogP contribution in [0.25, 0.3) is 27.8 Å². The summed E-state index contributed by atoms with van der Waals surface area (Å²) in [4.78, 5) is 29.9. The zero-order chi connectivity index (χ0) is 30.0. The minimum atomic E-state index is -3.51. The summed E-state index contributed by atoms with van der Waals surface area (Å²) in [6.45, 7) is -0.955. The molecule has 10 nitrogen and oxygen atoms in total. The van der Waals surface area contributed by atoms with Gasteiger partial charge in [-0.25, -0.2) is 23.4 Å². The molecule has 14 heteroatoms. The summed E-state index contributed by atoms with van der Waals surface area (Å²) in [6, 6.07) is 10.1. The second kappa shape index (κ2) is 11.7. The monoisotopic (exact) mass is 585 g/mol. The maximum atomic E-state index is 14.1. The van der Waals surface area contributed by atoms with Gasteiger partial charge in [0.15, 0.2) is 11.5 Å². The van der Waals surface area contributed by atoms with Crippen LogP contribution < -0.4 is 16.4 Å². The molecule has 2 N–H and O–H groups in total. The van der Waals surface area contributed by atoms with Gasteiger partial charge in [0.25, 0.3) is 17.0 Å². The van der Waals surface area contributed by atoms with Crippen molar-refractivity contribution in [3.05, 3.63) is 86.8 Å². The van der Waals surface area contributed by atoms with E-state index in [9.17, 15) is 27.2 Å². The Labute approximate surface area is 236 Å². The Bertz CT molecular complexity index is 1810. The molecule has 5 aromatic rings. The number of nitrogens with one attached hydrogen (secondary N) is 2. The molecule has 0 aliphatic rings. The van der Waals surface area contributed by atoms with E-state index in [1.165, 1.54) is 4.57 Å². The SMILES string of the molecule is Cc1cc2c(=O)n(CCC[C@H](COC(F)F)Nc3cn[nH]c(=O)c3C(C)(F)F)ccc2cc1-c1nc2ccccn2n1. The van der Waals surface area contributed by atoms with Crippen LogP contribution in [0.4, 0.5) is 23.2 Å².